The highest BCUT2D eigenvalue weighted by molar-refractivity contribution is 6.32. The lowest BCUT2D eigenvalue weighted by Gasteiger charge is -2.08. The second-order valence-corrected chi connectivity index (χ2v) is 4.14. The van der Waals surface area contributed by atoms with E-state index in [0.29, 0.717) is 16.5 Å². The molecule has 0 aromatic heterocycles. The van der Waals surface area contributed by atoms with Crippen LogP contribution in [0.25, 0.3) is 0 Å². The van der Waals surface area contributed by atoms with Gasteiger partial charge in [0.05, 0.1) is 10.6 Å². The molecule has 0 saturated heterocycles. The van der Waals surface area contributed by atoms with Gasteiger partial charge in [0.1, 0.15) is 17.3 Å². The van der Waals surface area contributed by atoms with Gasteiger partial charge in [0.15, 0.2) is 5.78 Å². The number of hydrogen-bond donors (Lipinski definition) is 0. The lowest BCUT2D eigenvalue weighted by Crippen LogP contribution is -1.97. The van der Waals surface area contributed by atoms with Gasteiger partial charge in [0.2, 0.25) is 0 Å². The third kappa shape index (κ3) is 2.68. The van der Waals surface area contributed by atoms with Gasteiger partial charge in [-0.3, -0.25) is 4.79 Å². The lowest BCUT2D eigenvalue weighted by atomic mass is 10.1. The molecule has 0 spiro atoms. The summed E-state index contributed by atoms with van der Waals surface area (Å²) in [6.45, 7) is 1.31. The Balaban J connectivity index is 2.29. The Morgan fingerprint density at radius 1 is 1.22 bits per heavy atom. The molecular weight excluding hydrogens is 255 g/mol. The van der Waals surface area contributed by atoms with Crippen LogP contribution in [0, 0.1) is 5.82 Å². The molecule has 2 nitrogen and oxygen atoms in total. The fraction of sp³-hybridized carbons (Fsp3) is 0.0714. The molecule has 2 rings (SSSR count). The van der Waals surface area contributed by atoms with Gasteiger partial charge in [-0.1, -0.05) is 23.7 Å². The first kappa shape index (κ1) is 12.6. The molecule has 0 atom stereocenters. The summed E-state index contributed by atoms with van der Waals surface area (Å²) in [6, 6.07) is 11.0. The number of benzene rings is 2. The number of ketones is 1. The fourth-order valence-electron chi connectivity index (χ4n) is 1.50. The van der Waals surface area contributed by atoms with Gasteiger partial charge < -0.3 is 4.74 Å². The number of hydrogen-bond acceptors (Lipinski definition) is 2. The Kier molecular flexibility index (Phi) is 3.63. The first-order chi connectivity index (χ1) is 8.58. The van der Waals surface area contributed by atoms with Crippen LogP contribution >= 0.6 is 11.6 Å². The van der Waals surface area contributed by atoms with Crippen LogP contribution in [0.4, 0.5) is 4.39 Å². The van der Waals surface area contributed by atoms with E-state index < -0.39 is 5.82 Å². The predicted octanol–water partition coefficient (Wildman–Crippen LogP) is 4.47. The molecule has 18 heavy (non-hydrogen) atoms. The molecule has 92 valence electrons. The average Bonchev–Trinajstić information content (AvgIpc) is 2.32. The van der Waals surface area contributed by atoms with Gasteiger partial charge in [0, 0.05) is 6.07 Å². The van der Waals surface area contributed by atoms with Crippen LogP contribution < -0.4 is 4.74 Å². The van der Waals surface area contributed by atoms with Crippen LogP contribution in [0.1, 0.15) is 17.3 Å². The van der Waals surface area contributed by atoms with Crippen molar-refractivity contribution in [2.24, 2.45) is 0 Å². The molecule has 0 aliphatic rings. The van der Waals surface area contributed by atoms with Crippen molar-refractivity contribution < 1.29 is 13.9 Å². The molecule has 0 heterocycles. The minimum Gasteiger partial charge on any atom is -0.456 e. The number of halogens is 2. The first-order valence-electron chi connectivity index (χ1n) is 5.31. The van der Waals surface area contributed by atoms with E-state index in [1.807, 2.05) is 0 Å². The van der Waals surface area contributed by atoms with Crippen LogP contribution in [0.15, 0.2) is 42.5 Å². The Labute approximate surface area is 109 Å². The van der Waals surface area contributed by atoms with Crippen LogP contribution in [-0.2, 0) is 0 Å². The van der Waals surface area contributed by atoms with E-state index in [4.69, 9.17) is 16.3 Å². The van der Waals surface area contributed by atoms with Crippen molar-refractivity contribution in [2.75, 3.05) is 0 Å². The van der Waals surface area contributed by atoms with E-state index in [0.717, 1.165) is 0 Å². The predicted molar refractivity (Wildman–Crippen MR) is 67.9 cm³/mol. The van der Waals surface area contributed by atoms with Crippen LogP contribution in [0.5, 0.6) is 11.5 Å². The molecule has 4 heteroatoms. The van der Waals surface area contributed by atoms with E-state index >= 15 is 0 Å². The summed E-state index contributed by atoms with van der Waals surface area (Å²) in [5.41, 5.74) is 0.0431. The zero-order valence-electron chi connectivity index (χ0n) is 9.61. The maximum Gasteiger partial charge on any atom is 0.162 e. The van der Waals surface area contributed by atoms with E-state index in [1.165, 1.54) is 25.1 Å². The number of rotatable bonds is 3. The molecule has 2 aromatic rings. The number of carbonyl (C=O) groups excluding carboxylic acids is 1. The molecule has 2 aromatic carbocycles. The summed E-state index contributed by atoms with van der Waals surface area (Å²) in [4.78, 5) is 11.1. The Morgan fingerprint density at radius 3 is 2.56 bits per heavy atom. The van der Waals surface area contributed by atoms with Crippen molar-refractivity contribution in [3.8, 4) is 11.5 Å². The molecule has 0 fully saturated rings. The fourth-order valence-corrected chi connectivity index (χ4v) is 1.67. The molecule has 0 aliphatic heterocycles. The molecule has 0 N–H and O–H groups in total. The maximum atomic E-state index is 13.6. The highest BCUT2D eigenvalue weighted by atomic mass is 35.5. The van der Waals surface area contributed by atoms with E-state index in [-0.39, 0.29) is 11.3 Å². The van der Waals surface area contributed by atoms with Crippen molar-refractivity contribution in [1.82, 2.24) is 0 Å². The van der Waals surface area contributed by atoms with Gasteiger partial charge in [-0.15, -0.1) is 0 Å². The van der Waals surface area contributed by atoms with Crippen molar-refractivity contribution in [3.05, 3.63) is 58.9 Å². The zero-order valence-corrected chi connectivity index (χ0v) is 10.4. The molecule has 0 bridgehead atoms. The molecule has 0 unspecified atom stereocenters. The highest BCUT2D eigenvalue weighted by Gasteiger charge is 2.09. The maximum absolute atomic E-state index is 13.6. The minimum absolute atomic E-state index is 0.0431. The van der Waals surface area contributed by atoms with Crippen molar-refractivity contribution in [3.63, 3.8) is 0 Å². The van der Waals surface area contributed by atoms with Crippen molar-refractivity contribution >= 4 is 17.4 Å². The molecule has 0 saturated carbocycles. The molecule has 0 radical (unpaired) electrons. The van der Waals surface area contributed by atoms with E-state index in [9.17, 15) is 9.18 Å². The number of Topliss-reactive ketones (excluding diaryl/α,β-unsaturated/α-hetero) is 1. The second-order valence-electron chi connectivity index (χ2n) is 3.73. The van der Waals surface area contributed by atoms with Gasteiger partial charge in [-0.25, -0.2) is 4.39 Å². The summed E-state index contributed by atoms with van der Waals surface area (Å²) in [6.07, 6.45) is 0. The van der Waals surface area contributed by atoms with Gasteiger partial charge in [-0.2, -0.15) is 0 Å². The highest BCUT2D eigenvalue weighted by Crippen LogP contribution is 2.29. The zero-order chi connectivity index (χ0) is 13.1. The Morgan fingerprint density at radius 2 is 1.94 bits per heavy atom. The minimum atomic E-state index is -0.605. The van der Waals surface area contributed by atoms with Gasteiger partial charge >= 0.3 is 0 Å². The largest absolute Gasteiger partial charge is 0.456 e. The van der Waals surface area contributed by atoms with Crippen molar-refractivity contribution in [1.29, 1.82) is 0 Å². The van der Waals surface area contributed by atoms with Crippen LogP contribution in [0.2, 0.25) is 5.02 Å². The summed E-state index contributed by atoms with van der Waals surface area (Å²) in [5.74, 6) is -0.191. The monoisotopic (exact) mass is 264 g/mol. The molecule has 0 amide bonds. The lowest BCUT2D eigenvalue weighted by molar-refractivity contribution is 0.101. The second kappa shape index (κ2) is 5.19. The van der Waals surface area contributed by atoms with Crippen molar-refractivity contribution in [2.45, 2.75) is 6.92 Å². The standard InChI is InChI=1S/C14H10ClFO2/c1-9(17)11-7-6-10(8-13(11)16)18-14-5-3-2-4-12(14)15/h2-8H,1H3. The Hall–Kier alpha value is -1.87. The summed E-state index contributed by atoms with van der Waals surface area (Å²) < 4.78 is 19.0. The quantitative estimate of drug-likeness (QED) is 0.765. The molecular formula is C14H10ClFO2. The normalized spacial score (nSPS) is 10.2. The van der Waals surface area contributed by atoms with E-state index in [1.54, 1.807) is 24.3 Å². The first-order valence-corrected chi connectivity index (χ1v) is 5.68. The topological polar surface area (TPSA) is 26.3 Å². The van der Waals surface area contributed by atoms with Crippen LogP contribution in [-0.4, -0.2) is 5.78 Å². The Bertz CT molecular complexity index is 596. The SMILES string of the molecule is CC(=O)c1ccc(Oc2ccccc2Cl)cc1F. The van der Waals surface area contributed by atoms with Gasteiger partial charge in [0.25, 0.3) is 0 Å². The average molecular weight is 265 g/mol. The number of para-hydroxylation sites is 1. The summed E-state index contributed by atoms with van der Waals surface area (Å²) in [5, 5.41) is 0.438. The third-order valence-electron chi connectivity index (χ3n) is 2.38. The smallest absolute Gasteiger partial charge is 0.162 e. The number of carbonyl (C=O) groups is 1. The molecule has 0 aliphatic carbocycles. The van der Waals surface area contributed by atoms with Gasteiger partial charge in [-0.05, 0) is 31.2 Å². The number of ether oxygens (including phenoxy) is 1. The third-order valence-corrected chi connectivity index (χ3v) is 2.70. The summed E-state index contributed by atoms with van der Waals surface area (Å²) in [7, 11) is 0. The van der Waals surface area contributed by atoms with E-state index in [2.05, 4.69) is 0 Å². The summed E-state index contributed by atoms with van der Waals surface area (Å²) >= 11 is 5.92. The van der Waals surface area contributed by atoms with Crippen LogP contribution in [0.3, 0.4) is 0 Å².